The van der Waals surface area contributed by atoms with Gasteiger partial charge in [-0.25, -0.2) is 0 Å². The summed E-state index contributed by atoms with van der Waals surface area (Å²) in [5.41, 5.74) is 9.04. The second-order valence-corrected chi connectivity index (χ2v) is 11.3. The van der Waals surface area contributed by atoms with Crippen molar-refractivity contribution in [1.29, 1.82) is 0 Å². The van der Waals surface area contributed by atoms with E-state index in [0.717, 1.165) is 0 Å². The summed E-state index contributed by atoms with van der Waals surface area (Å²) in [4.78, 5) is 0. The lowest BCUT2D eigenvalue weighted by Gasteiger charge is -2.14. The molecule has 1 aromatic heterocycles. The minimum absolute atomic E-state index is 1.23. The molecular weight excluding hydrogens is 494 g/mol. The van der Waals surface area contributed by atoms with E-state index in [2.05, 4.69) is 144 Å². The van der Waals surface area contributed by atoms with Gasteiger partial charge in [-0.05, 0) is 84.2 Å². The predicted octanol–water partition coefficient (Wildman–Crippen LogP) is 11.0. The van der Waals surface area contributed by atoms with E-state index in [9.17, 15) is 0 Å². The molecule has 41 heavy (non-hydrogen) atoms. The zero-order valence-corrected chi connectivity index (χ0v) is 22.2. The maximum absolute atomic E-state index is 2.50. The maximum atomic E-state index is 2.50. The van der Waals surface area contributed by atoms with Gasteiger partial charge in [0.05, 0.1) is 16.7 Å². The van der Waals surface area contributed by atoms with Crippen LogP contribution in [-0.2, 0) is 0 Å². The van der Waals surface area contributed by atoms with Crippen LogP contribution >= 0.6 is 0 Å². The van der Waals surface area contributed by atoms with Crippen LogP contribution in [0.25, 0.3) is 92.8 Å². The average Bonchev–Trinajstić information content (AvgIpc) is 3.54. The van der Waals surface area contributed by atoms with E-state index in [1.165, 1.54) is 92.8 Å². The highest BCUT2D eigenvalue weighted by Crippen LogP contribution is 2.49. The van der Waals surface area contributed by atoms with Crippen molar-refractivity contribution in [2.24, 2.45) is 0 Å². The third kappa shape index (κ3) is 2.66. The van der Waals surface area contributed by atoms with Crippen LogP contribution in [0.3, 0.4) is 0 Å². The van der Waals surface area contributed by atoms with Crippen LogP contribution in [0.1, 0.15) is 0 Å². The summed E-state index contributed by atoms with van der Waals surface area (Å²) in [6, 6.07) is 51.7. The fraction of sp³-hybridized carbons (Fsp3) is 0. The quantitative estimate of drug-likeness (QED) is 0.191. The Morgan fingerprint density at radius 3 is 1.51 bits per heavy atom. The van der Waals surface area contributed by atoms with Crippen molar-refractivity contribution in [1.82, 2.24) is 4.57 Å². The van der Waals surface area contributed by atoms with E-state index in [-0.39, 0.29) is 0 Å². The molecule has 0 atom stereocenters. The summed E-state index contributed by atoms with van der Waals surface area (Å²) >= 11 is 0. The van der Waals surface area contributed by atoms with Crippen molar-refractivity contribution < 1.29 is 0 Å². The van der Waals surface area contributed by atoms with Crippen molar-refractivity contribution in [3.63, 3.8) is 0 Å². The van der Waals surface area contributed by atoms with Gasteiger partial charge in [-0.15, -0.1) is 0 Å². The molecule has 0 saturated carbocycles. The molecule has 1 heteroatoms. The minimum Gasteiger partial charge on any atom is -0.309 e. The minimum atomic E-state index is 1.23. The lowest BCUT2D eigenvalue weighted by atomic mass is 9.93. The summed E-state index contributed by atoms with van der Waals surface area (Å²) < 4.78 is 2.50. The lowest BCUT2D eigenvalue weighted by Crippen LogP contribution is -1.96. The number of hydrogen-bond acceptors (Lipinski definition) is 0. The number of nitrogens with zero attached hydrogens (tertiary/aromatic N) is 1. The van der Waals surface area contributed by atoms with Gasteiger partial charge in [0.1, 0.15) is 0 Å². The second-order valence-electron chi connectivity index (χ2n) is 11.3. The van der Waals surface area contributed by atoms with Gasteiger partial charge in [0.2, 0.25) is 0 Å². The van der Waals surface area contributed by atoms with E-state index in [4.69, 9.17) is 0 Å². The van der Waals surface area contributed by atoms with E-state index in [0.29, 0.717) is 0 Å². The first-order valence-corrected chi connectivity index (χ1v) is 14.3. The highest BCUT2D eigenvalue weighted by Gasteiger charge is 2.24. The molecule has 0 amide bonds. The Hall–Kier alpha value is -5.40. The van der Waals surface area contributed by atoms with Gasteiger partial charge >= 0.3 is 0 Å². The summed E-state index contributed by atoms with van der Waals surface area (Å²) in [5, 5.41) is 13.1. The SMILES string of the molecule is c1ccc2c(c1)-c1cccc3c(-n4c5ccccc5c5cc6c7ccccc7c7ccccc7c6cc54)ccc-2c13. The molecule has 10 rings (SSSR count). The Morgan fingerprint density at radius 1 is 0.293 bits per heavy atom. The molecule has 0 unspecified atom stereocenters. The Labute approximate surface area is 236 Å². The number of aromatic nitrogens is 1. The van der Waals surface area contributed by atoms with Gasteiger partial charge in [-0.1, -0.05) is 115 Å². The molecular formula is C40H23N. The van der Waals surface area contributed by atoms with Gasteiger partial charge < -0.3 is 4.57 Å². The number of benzene rings is 8. The normalized spacial score (nSPS) is 12.4. The zero-order valence-electron chi connectivity index (χ0n) is 22.2. The number of rotatable bonds is 1. The first kappa shape index (κ1) is 21.4. The van der Waals surface area contributed by atoms with Crippen LogP contribution in [0.2, 0.25) is 0 Å². The molecule has 1 heterocycles. The molecule has 0 radical (unpaired) electrons. The van der Waals surface area contributed by atoms with Crippen LogP contribution in [0.5, 0.6) is 0 Å². The van der Waals surface area contributed by atoms with Crippen molar-refractivity contribution in [2.45, 2.75) is 0 Å². The van der Waals surface area contributed by atoms with Gasteiger partial charge in [-0.2, -0.15) is 0 Å². The standard InChI is InChI=1S/C40H23N/c1-5-14-28-24(10-1)25-11-2-6-15-29(25)35-23-39-36(22-34(28)35)30-16-7-8-19-37(30)41(39)38-21-20-32-27-13-4-3-12-26(27)31-17-9-18-33(38)40(31)32/h1-23H. The van der Waals surface area contributed by atoms with Crippen molar-refractivity contribution in [2.75, 3.05) is 0 Å². The largest absolute Gasteiger partial charge is 0.309 e. The fourth-order valence-corrected chi connectivity index (χ4v) is 7.61. The lowest BCUT2D eigenvalue weighted by molar-refractivity contribution is 1.20. The van der Waals surface area contributed by atoms with Crippen molar-refractivity contribution >= 4 is 64.9 Å². The summed E-state index contributed by atoms with van der Waals surface area (Å²) in [7, 11) is 0. The van der Waals surface area contributed by atoms with Gasteiger partial charge in [-0.3, -0.25) is 0 Å². The third-order valence-corrected chi connectivity index (χ3v) is 9.30. The molecule has 0 bridgehead atoms. The molecule has 1 nitrogen and oxygen atoms in total. The van der Waals surface area contributed by atoms with E-state index < -0.39 is 0 Å². The molecule has 0 aliphatic heterocycles. The fourth-order valence-electron chi connectivity index (χ4n) is 7.61. The van der Waals surface area contributed by atoms with Crippen molar-refractivity contribution in [3.05, 3.63) is 140 Å². The second kappa shape index (κ2) is 7.62. The van der Waals surface area contributed by atoms with Gasteiger partial charge in [0.15, 0.2) is 0 Å². The summed E-state index contributed by atoms with van der Waals surface area (Å²) in [6.45, 7) is 0. The average molecular weight is 518 g/mol. The van der Waals surface area contributed by atoms with Crippen LogP contribution in [0.15, 0.2) is 140 Å². The Balaban J connectivity index is 1.40. The number of fused-ring (bicyclic) bond motifs is 12. The molecule has 0 fully saturated rings. The summed E-state index contributed by atoms with van der Waals surface area (Å²) in [5.74, 6) is 0. The first-order valence-electron chi connectivity index (χ1n) is 14.3. The van der Waals surface area contributed by atoms with Crippen LogP contribution in [0.4, 0.5) is 0 Å². The smallest absolute Gasteiger partial charge is 0.0547 e. The van der Waals surface area contributed by atoms with Crippen molar-refractivity contribution in [3.8, 4) is 27.9 Å². The molecule has 8 aromatic carbocycles. The first-order chi connectivity index (χ1) is 20.4. The van der Waals surface area contributed by atoms with Gasteiger partial charge in [0, 0.05) is 16.2 Å². The summed E-state index contributed by atoms with van der Waals surface area (Å²) in [6.07, 6.45) is 0. The Bertz CT molecular complexity index is 2550. The topological polar surface area (TPSA) is 4.93 Å². The Morgan fingerprint density at radius 2 is 0.805 bits per heavy atom. The predicted molar refractivity (Wildman–Crippen MR) is 175 cm³/mol. The zero-order chi connectivity index (χ0) is 26.7. The van der Waals surface area contributed by atoms with E-state index in [1.807, 2.05) is 0 Å². The van der Waals surface area contributed by atoms with Crippen LogP contribution in [-0.4, -0.2) is 4.57 Å². The highest BCUT2D eigenvalue weighted by atomic mass is 15.0. The van der Waals surface area contributed by atoms with E-state index >= 15 is 0 Å². The molecule has 0 saturated heterocycles. The monoisotopic (exact) mass is 517 g/mol. The molecule has 0 spiro atoms. The molecule has 0 N–H and O–H groups in total. The van der Waals surface area contributed by atoms with Crippen LogP contribution in [0, 0.1) is 0 Å². The molecule has 9 aromatic rings. The molecule has 188 valence electrons. The highest BCUT2D eigenvalue weighted by molar-refractivity contribution is 6.29. The number of hydrogen-bond donors (Lipinski definition) is 0. The maximum Gasteiger partial charge on any atom is 0.0547 e. The third-order valence-electron chi connectivity index (χ3n) is 9.30. The molecule has 1 aliphatic rings. The van der Waals surface area contributed by atoms with E-state index in [1.54, 1.807) is 0 Å². The Kier molecular flexibility index (Phi) is 3.98. The molecule has 1 aliphatic carbocycles. The number of para-hydroxylation sites is 1. The van der Waals surface area contributed by atoms with Gasteiger partial charge in [0.25, 0.3) is 0 Å². The van der Waals surface area contributed by atoms with Crippen LogP contribution < -0.4 is 0 Å².